The molecule has 7 heteroatoms. The highest BCUT2D eigenvalue weighted by Gasteiger charge is 2.25. The maximum Gasteiger partial charge on any atom is 0.110 e. The molecule has 0 atom stereocenters. The summed E-state index contributed by atoms with van der Waals surface area (Å²) in [7, 11) is 3.41. The van der Waals surface area contributed by atoms with Crippen molar-refractivity contribution in [3.05, 3.63) is 65.8 Å². The Bertz CT molecular complexity index is 1120. The molecule has 1 fully saturated rings. The van der Waals surface area contributed by atoms with Crippen molar-refractivity contribution in [2.45, 2.75) is 25.2 Å². The zero-order chi connectivity index (χ0) is 22.6. The first-order chi connectivity index (χ1) is 16.3. The van der Waals surface area contributed by atoms with E-state index in [9.17, 15) is 0 Å². The number of allylic oxidation sites excluding steroid dienone is 1. The standard InChI is InChI=1S/C26H31N5O2/c1-32-16-15-31-13-9-19(10-14-31)26-28-24(18-7-11-27-12-8-18)25(29-26)21-3-5-22-20(17-21)4-6-23(22)30-33-2/h3,5-8,11-12,17,19,30H,4,9-10,13-16H2,1-2H3,(H,28,29). The number of hydrogen-bond donors (Lipinski definition) is 2. The lowest BCUT2D eigenvalue weighted by Crippen LogP contribution is -2.35. The van der Waals surface area contributed by atoms with Gasteiger partial charge in [0.1, 0.15) is 5.82 Å². The maximum absolute atomic E-state index is 5.25. The fourth-order valence-corrected chi connectivity index (χ4v) is 4.87. The second kappa shape index (κ2) is 9.87. The van der Waals surface area contributed by atoms with E-state index in [2.05, 4.69) is 44.6 Å². The van der Waals surface area contributed by atoms with E-state index in [1.807, 2.05) is 24.5 Å². The van der Waals surface area contributed by atoms with Gasteiger partial charge in [-0.15, -0.1) is 0 Å². The highest BCUT2D eigenvalue weighted by atomic mass is 16.6. The van der Waals surface area contributed by atoms with Crippen LogP contribution in [0, 0.1) is 0 Å². The summed E-state index contributed by atoms with van der Waals surface area (Å²) >= 11 is 0. The molecule has 0 bridgehead atoms. The number of nitrogens with zero attached hydrogens (tertiary/aromatic N) is 3. The minimum Gasteiger partial charge on any atom is -0.383 e. The van der Waals surface area contributed by atoms with Crippen molar-refractivity contribution in [2.75, 3.05) is 40.5 Å². The number of aromatic amines is 1. The first-order valence-electron chi connectivity index (χ1n) is 11.6. The molecule has 0 radical (unpaired) electrons. The van der Waals surface area contributed by atoms with Crippen LogP contribution in [-0.2, 0) is 16.0 Å². The van der Waals surface area contributed by atoms with Gasteiger partial charge in [0.25, 0.3) is 0 Å². The quantitative estimate of drug-likeness (QED) is 0.510. The summed E-state index contributed by atoms with van der Waals surface area (Å²) in [6, 6.07) is 10.7. The fraction of sp³-hybridized carbons (Fsp3) is 0.385. The molecule has 2 N–H and O–H groups in total. The lowest BCUT2D eigenvalue weighted by molar-refractivity contribution is 0.129. The predicted molar refractivity (Wildman–Crippen MR) is 129 cm³/mol. The van der Waals surface area contributed by atoms with Crippen molar-refractivity contribution in [3.8, 4) is 22.5 Å². The van der Waals surface area contributed by atoms with E-state index in [-0.39, 0.29) is 0 Å². The Morgan fingerprint density at radius 2 is 1.91 bits per heavy atom. The minimum absolute atomic E-state index is 0.437. The van der Waals surface area contributed by atoms with Crippen molar-refractivity contribution in [2.24, 2.45) is 0 Å². The SMILES string of the molecule is COCCN1CCC(c2nc(-c3ccc4c(c3)CC=C4NOC)c(-c3ccncc3)[nH]2)CC1. The number of likely N-dealkylation sites (tertiary alicyclic amines) is 1. The van der Waals surface area contributed by atoms with Crippen LogP contribution in [-0.4, -0.2) is 60.3 Å². The normalized spacial score (nSPS) is 16.6. The van der Waals surface area contributed by atoms with E-state index >= 15 is 0 Å². The van der Waals surface area contributed by atoms with Crippen molar-refractivity contribution in [1.82, 2.24) is 25.3 Å². The second-order valence-electron chi connectivity index (χ2n) is 8.69. The summed E-state index contributed by atoms with van der Waals surface area (Å²) in [6.45, 7) is 3.94. The van der Waals surface area contributed by atoms with Gasteiger partial charge in [-0.2, -0.15) is 0 Å². The Labute approximate surface area is 194 Å². The zero-order valence-electron chi connectivity index (χ0n) is 19.3. The third-order valence-electron chi connectivity index (χ3n) is 6.68. The topological polar surface area (TPSA) is 75.3 Å². The molecule has 2 aliphatic rings. The smallest absolute Gasteiger partial charge is 0.110 e. The van der Waals surface area contributed by atoms with Crippen LogP contribution in [0.25, 0.3) is 28.2 Å². The molecule has 1 aliphatic carbocycles. The number of piperidine rings is 1. The molecule has 1 aliphatic heterocycles. The Morgan fingerprint density at radius 1 is 1.09 bits per heavy atom. The van der Waals surface area contributed by atoms with Crippen molar-refractivity contribution < 1.29 is 9.57 Å². The molecule has 2 aromatic heterocycles. The first-order valence-corrected chi connectivity index (χ1v) is 11.6. The molecule has 1 aromatic carbocycles. The average molecular weight is 446 g/mol. The molecule has 0 spiro atoms. The van der Waals surface area contributed by atoms with Crippen LogP contribution in [0.4, 0.5) is 0 Å². The maximum atomic E-state index is 5.25. The summed E-state index contributed by atoms with van der Waals surface area (Å²) in [5, 5.41) is 0. The lowest BCUT2D eigenvalue weighted by atomic mass is 9.96. The molecule has 1 saturated heterocycles. The number of rotatable bonds is 8. The van der Waals surface area contributed by atoms with Gasteiger partial charge in [-0.1, -0.05) is 18.2 Å². The van der Waals surface area contributed by atoms with Gasteiger partial charge in [-0.25, -0.2) is 4.98 Å². The number of hydrogen-bond acceptors (Lipinski definition) is 6. The second-order valence-corrected chi connectivity index (χ2v) is 8.69. The molecule has 3 heterocycles. The number of hydroxylamine groups is 1. The van der Waals surface area contributed by atoms with E-state index in [1.54, 1.807) is 14.2 Å². The van der Waals surface area contributed by atoms with E-state index in [4.69, 9.17) is 14.6 Å². The highest BCUT2D eigenvalue weighted by molar-refractivity contribution is 5.81. The number of benzene rings is 1. The van der Waals surface area contributed by atoms with Gasteiger partial charge >= 0.3 is 0 Å². The molecular weight excluding hydrogens is 414 g/mol. The van der Waals surface area contributed by atoms with Gasteiger partial charge in [-0.3, -0.25) is 15.3 Å². The van der Waals surface area contributed by atoms with Gasteiger partial charge in [0.05, 0.1) is 30.8 Å². The number of H-pyrrole nitrogens is 1. The van der Waals surface area contributed by atoms with Gasteiger partial charge in [-0.05, 0) is 56.1 Å². The third-order valence-corrected chi connectivity index (χ3v) is 6.68. The molecule has 7 nitrogen and oxygen atoms in total. The van der Waals surface area contributed by atoms with Crippen molar-refractivity contribution >= 4 is 5.70 Å². The Morgan fingerprint density at radius 3 is 2.67 bits per heavy atom. The molecule has 3 aromatic rings. The molecule has 33 heavy (non-hydrogen) atoms. The van der Waals surface area contributed by atoms with Crippen molar-refractivity contribution in [1.29, 1.82) is 0 Å². The Balaban J connectivity index is 1.45. The van der Waals surface area contributed by atoms with E-state index in [0.717, 1.165) is 79.5 Å². The largest absolute Gasteiger partial charge is 0.383 e. The van der Waals surface area contributed by atoms with Crippen LogP contribution in [0.1, 0.15) is 35.7 Å². The predicted octanol–water partition coefficient (Wildman–Crippen LogP) is 4.01. The summed E-state index contributed by atoms with van der Waals surface area (Å²) in [5.74, 6) is 1.52. The number of methoxy groups -OCH3 is 1. The summed E-state index contributed by atoms with van der Waals surface area (Å²) < 4.78 is 5.25. The van der Waals surface area contributed by atoms with Crippen LogP contribution in [0.15, 0.2) is 48.8 Å². The van der Waals surface area contributed by atoms with E-state index in [1.165, 1.54) is 11.1 Å². The van der Waals surface area contributed by atoms with Crippen LogP contribution in [0.2, 0.25) is 0 Å². The third kappa shape index (κ3) is 4.57. The van der Waals surface area contributed by atoms with Crippen molar-refractivity contribution in [3.63, 3.8) is 0 Å². The van der Waals surface area contributed by atoms with Crippen LogP contribution in [0.3, 0.4) is 0 Å². The average Bonchev–Trinajstić information content (AvgIpc) is 3.48. The molecule has 0 unspecified atom stereocenters. The van der Waals surface area contributed by atoms with Crippen LogP contribution >= 0.6 is 0 Å². The van der Waals surface area contributed by atoms with Gasteiger partial charge in [0, 0.05) is 48.7 Å². The summed E-state index contributed by atoms with van der Waals surface area (Å²) in [6.07, 6.45) is 8.93. The number of fused-ring (bicyclic) bond motifs is 1. The minimum atomic E-state index is 0.437. The molecule has 5 rings (SSSR count). The molecule has 0 saturated carbocycles. The first kappa shape index (κ1) is 21.8. The number of ether oxygens (including phenoxy) is 1. The van der Waals surface area contributed by atoms with Gasteiger partial charge < -0.3 is 14.6 Å². The Kier molecular flexibility index (Phi) is 6.53. The number of imidazole rings is 1. The molecular formula is C26H31N5O2. The number of pyridine rings is 1. The van der Waals surface area contributed by atoms with Gasteiger partial charge in [0.2, 0.25) is 0 Å². The van der Waals surface area contributed by atoms with E-state index in [0.29, 0.717) is 5.92 Å². The number of nitrogens with one attached hydrogen (secondary N) is 2. The lowest BCUT2D eigenvalue weighted by Gasteiger charge is -2.30. The fourth-order valence-electron chi connectivity index (χ4n) is 4.87. The highest BCUT2D eigenvalue weighted by Crippen LogP contribution is 2.37. The van der Waals surface area contributed by atoms with E-state index < -0.39 is 0 Å². The van der Waals surface area contributed by atoms with Gasteiger partial charge in [0.15, 0.2) is 0 Å². The van der Waals surface area contributed by atoms with Crippen LogP contribution in [0.5, 0.6) is 0 Å². The monoisotopic (exact) mass is 445 g/mol. The molecule has 172 valence electrons. The summed E-state index contributed by atoms with van der Waals surface area (Å²) in [4.78, 5) is 20.7. The summed E-state index contributed by atoms with van der Waals surface area (Å²) in [5.41, 5.74) is 10.8. The molecule has 0 amide bonds. The zero-order valence-corrected chi connectivity index (χ0v) is 19.3. The van der Waals surface area contributed by atoms with Crippen LogP contribution < -0.4 is 5.48 Å². The number of aromatic nitrogens is 3. The Hall–Kier alpha value is -3.00.